The fourth-order valence-electron chi connectivity index (χ4n) is 3.98. The van der Waals surface area contributed by atoms with E-state index in [1.807, 2.05) is 12.1 Å². The van der Waals surface area contributed by atoms with E-state index in [1.165, 1.54) is 6.07 Å². The zero-order chi connectivity index (χ0) is 27.9. The summed E-state index contributed by atoms with van der Waals surface area (Å²) >= 11 is 5.66. The number of aryl methyl sites for hydroxylation is 1. The van der Waals surface area contributed by atoms with Crippen molar-refractivity contribution in [3.8, 4) is 0 Å². The van der Waals surface area contributed by atoms with Gasteiger partial charge in [-0.25, -0.2) is 4.98 Å². The van der Waals surface area contributed by atoms with Crippen LogP contribution in [-0.2, 0) is 28.6 Å². The van der Waals surface area contributed by atoms with E-state index in [0.717, 1.165) is 48.7 Å². The zero-order valence-electron chi connectivity index (χ0n) is 20.2. The standard InChI is InChI=1S/C25H27ClF3N5O4/c26-19-6-4-15(10-18(19)25(27,28)29)20(11-22(36)37)34-24(38)17(12-30)21(13-35)31-9-7-16-5-3-14-2-1-8-32-23(14)33-16/h3-6,10,12,20,35H,1-2,7-9,11,13,30H2,(H,32,33)(H,34,38)(H,36,37). The molecule has 13 heteroatoms. The van der Waals surface area contributed by atoms with Crippen LogP contribution in [0.2, 0.25) is 5.02 Å². The molecule has 0 saturated heterocycles. The number of aromatic nitrogens is 1. The van der Waals surface area contributed by atoms with E-state index in [0.29, 0.717) is 12.5 Å². The lowest BCUT2D eigenvalue weighted by atomic mass is 10.00. The van der Waals surface area contributed by atoms with Gasteiger partial charge in [0, 0.05) is 31.4 Å². The SMILES string of the molecule is NC=C(C(=O)NC(CC(=O)O)c1ccc(Cl)c(C(F)(F)F)c1)C(CO)=NCCc1ccc2c(n1)NCCC2. The summed E-state index contributed by atoms with van der Waals surface area (Å²) in [5.74, 6) is -1.45. The number of hydrogen-bond donors (Lipinski definition) is 5. The molecular formula is C25H27ClF3N5O4. The number of pyridine rings is 1. The quantitative estimate of drug-likeness (QED) is 0.224. The van der Waals surface area contributed by atoms with Crippen LogP contribution in [0.3, 0.4) is 0 Å². The molecule has 1 unspecified atom stereocenters. The first kappa shape index (κ1) is 28.9. The second-order valence-electron chi connectivity index (χ2n) is 8.52. The lowest BCUT2D eigenvalue weighted by Gasteiger charge is -2.20. The number of nitrogens with zero attached hydrogens (tertiary/aromatic N) is 2. The van der Waals surface area contributed by atoms with Crippen LogP contribution in [0, 0.1) is 0 Å². The Bertz CT molecular complexity index is 1250. The average molecular weight is 554 g/mol. The van der Waals surface area contributed by atoms with Crippen molar-refractivity contribution in [2.75, 3.05) is 25.0 Å². The molecule has 1 atom stereocenters. The Balaban J connectivity index is 1.76. The number of aliphatic hydroxyl groups is 1. The maximum atomic E-state index is 13.3. The summed E-state index contributed by atoms with van der Waals surface area (Å²) in [4.78, 5) is 33.2. The van der Waals surface area contributed by atoms with Crippen molar-refractivity contribution >= 4 is 35.0 Å². The van der Waals surface area contributed by atoms with Crippen LogP contribution in [0.4, 0.5) is 19.0 Å². The number of rotatable bonds is 10. The number of halogens is 4. The molecule has 9 nitrogen and oxygen atoms in total. The molecule has 1 amide bonds. The van der Waals surface area contributed by atoms with E-state index in [1.54, 1.807) is 0 Å². The lowest BCUT2D eigenvalue weighted by molar-refractivity contribution is -0.138. The summed E-state index contributed by atoms with van der Waals surface area (Å²) < 4.78 is 39.9. The van der Waals surface area contributed by atoms with Gasteiger partial charge in [-0.15, -0.1) is 0 Å². The molecule has 3 rings (SSSR count). The molecule has 2 heterocycles. The minimum atomic E-state index is -4.78. The molecule has 0 spiro atoms. The van der Waals surface area contributed by atoms with Gasteiger partial charge in [0.05, 0.1) is 40.9 Å². The smallest absolute Gasteiger partial charge is 0.417 e. The largest absolute Gasteiger partial charge is 0.481 e. The van der Waals surface area contributed by atoms with Gasteiger partial charge in [0.25, 0.3) is 5.91 Å². The number of carboxylic acid groups (broad SMARTS) is 1. The molecule has 2 aromatic rings. The third-order valence-electron chi connectivity index (χ3n) is 5.88. The average Bonchev–Trinajstić information content (AvgIpc) is 2.87. The summed E-state index contributed by atoms with van der Waals surface area (Å²) in [5, 5.41) is 24.1. The maximum Gasteiger partial charge on any atom is 0.417 e. The highest BCUT2D eigenvalue weighted by Gasteiger charge is 2.34. The van der Waals surface area contributed by atoms with Gasteiger partial charge in [0.1, 0.15) is 5.82 Å². The van der Waals surface area contributed by atoms with Gasteiger partial charge in [-0.2, -0.15) is 13.2 Å². The minimum Gasteiger partial charge on any atom is -0.481 e. The second kappa shape index (κ2) is 12.7. The number of carbonyl (C=O) groups excluding carboxylic acids is 1. The number of carboxylic acids is 1. The fraction of sp³-hybridized carbons (Fsp3) is 0.360. The van der Waals surface area contributed by atoms with E-state index in [9.17, 15) is 33.0 Å². The zero-order valence-corrected chi connectivity index (χ0v) is 20.9. The molecule has 0 saturated carbocycles. The molecule has 6 N–H and O–H groups in total. The Kier molecular flexibility index (Phi) is 9.70. The Morgan fingerprint density at radius 3 is 2.71 bits per heavy atom. The molecule has 1 aliphatic rings. The first-order chi connectivity index (χ1) is 18.0. The van der Waals surface area contributed by atoms with Crippen molar-refractivity contribution in [3.05, 3.63) is 69.5 Å². The fourth-order valence-corrected chi connectivity index (χ4v) is 4.20. The van der Waals surface area contributed by atoms with Crippen LogP contribution in [0.25, 0.3) is 0 Å². The van der Waals surface area contributed by atoms with Gasteiger partial charge in [-0.1, -0.05) is 23.7 Å². The Labute approximate surface area is 221 Å². The Morgan fingerprint density at radius 2 is 2.05 bits per heavy atom. The highest BCUT2D eigenvalue weighted by Crippen LogP contribution is 2.36. The number of anilines is 1. The molecule has 38 heavy (non-hydrogen) atoms. The maximum absolute atomic E-state index is 13.3. The van der Waals surface area contributed by atoms with Crippen LogP contribution >= 0.6 is 11.6 Å². The van der Waals surface area contributed by atoms with Crippen LogP contribution in [0.1, 0.15) is 41.3 Å². The number of aliphatic imine (C=N–C) groups is 1. The van der Waals surface area contributed by atoms with Crippen molar-refractivity contribution in [1.29, 1.82) is 0 Å². The van der Waals surface area contributed by atoms with Crippen LogP contribution in [0.5, 0.6) is 0 Å². The van der Waals surface area contributed by atoms with Crippen molar-refractivity contribution in [2.24, 2.45) is 10.7 Å². The number of hydrogen-bond acceptors (Lipinski definition) is 7. The normalized spacial score (nSPS) is 14.9. The van der Waals surface area contributed by atoms with Crippen LogP contribution < -0.4 is 16.4 Å². The second-order valence-corrected chi connectivity index (χ2v) is 8.93. The van der Waals surface area contributed by atoms with E-state index in [-0.39, 0.29) is 23.4 Å². The van der Waals surface area contributed by atoms with E-state index >= 15 is 0 Å². The highest BCUT2D eigenvalue weighted by molar-refractivity contribution is 6.31. The summed E-state index contributed by atoms with van der Waals surface area (Å²) in [5.41, 5.74) is 5.89. The lowest BCUT2D eigenvalue weighted by Crippen LogP contribution is -2.35. The number of amides is 1. The number of carbonyl (C=O) groups is 2. The Hall–Kier alpha value is -3.64. The van der Waals surface area contributed by atoms with Gasteiger partial charge in [0.2, 0.25) is 0 Å². The topological polar surface area (TPSA) is 150 Å². The summed E-state index contributed by atoms with van der Waals surface area (Å²) in [6, 6.07) is 5.38. The summed E-state index contributed by atoms with van der Waals surface area (Å²) in [6.07, 6.45) is -2.22. The molecule has 204 valence electrons. The molecule has 1 aromatic heterocycles. The van der Waals surface area contributed by atoms with Gasteiger partial charge >= 0.3 is 12.1 Å². The van der Waals surface area contributed by atoms with Crippen LogP contribution in [0.15, 0.2) is 47.1 Å². The third kappa shape index (κ3) is 7.45. The Morgan fingerprint density at radius 1 is 1.29 bits per heavy atom. The van der Waals surface area contributed by atoms with E-state index < -0.39 is 47.7 Å². The number of nitrogens with two attached hydrogens (primary N) is 1. The van der Waals surface area contributed by atoms with Crippen molar-refractivity contribution in [2.45, 2.75) is 37.9 Å². The monoisotopic (exact) mass is 553 g/mol. The number of alkyl halides is 3. The number of aliphatic carboxylic acids is 1. The van der Waals surface area contributed by atoms with Gasteiger partial charge < -0.3 is 26.6 Å². The van der Waals surface area contributed by atoms with E-state index in [2.05, 4.69) is 20.6 Å². The molecule has 0 bridgehead atoms. The number of nitrogens with one attached hydrogen (secondary N) is 2. The van der Waals surface area contributed by atoms with Gasteiger partial charge in [-0.05, 0) is 42.2 Å². The molecule has 0 aliphatic carbocycles. The van der Waals surface area contributed by atoms with Gasteiger partial charge in [0.15, 0.2) is 0 Å². The molecule has 1 aliphatic heterocycles. The molecule has 0 radical (unpaired) electrons. The molecule has 1 aromatic carbocycles. The van der Waals surface area contributed by atoms with E-state index in [4.69, 9.17) is 17.3 Å². The highest BCUT2D eigenvalue weighted by atomic mass is 35.5. The van der Waals surface area contributed by atoms with Crippen LogP contribution in [-0.4, -0.2) is 52.5 Å². The molecular weight excluding hydrogens is 527 g/mol. The summed E-state index contributed by atoms with van der Waals surface area (Å²) in [6.45, 7) is 0.349. The molecule has 0 fully saturated rings. The van der Waals surface area contributed by atoms with Crippen molar-refractivity contribution in [1.82, 2.24) is 10.3 Å². The predicted octanol–water partition coefficient (Wildman–Crippen LogP) is 3.26. The van der Waals surface area contributed by atoms with Crippen molar-refractivity contribution in [3.63, 3.8) is 0 Å². The first-order valence-corrected chi connectivity index (χ1v) is 12.1. The number of aliphatic hydroxyl groups excluding tert-OH is 1. The van der Waals surface area contributed by atoms with Gasteiger partial charge in [-0.3, -0.25) is 14.6 Å². The first-order valence-electron chi connectivity index (χ1n) is 11.7. The predicted molar refractivity (Wildman–Crippen MR) is 136 cm³/mol. The van der Waals surface area contributed by atoms with Crippen molar-refractivity contribution < 1.29 is 33.0 Å². The summed E-state index contributed by atoms with van der Waals surface area (Å²) in [7, 11) is 0. The third-order valence-corrected chi connectivity index (χ3v) is 6.21. The number of benzene rings is 1. The number of fused-ring (bicyclic) bond motifs is 1. The minimum absolute atomic E-state index is 0.0674.